The molecule has 0 aliphatic heterocycles. The summed E-state index contributed by atoms with van der Waals surface area (Å²) >= 11 is 1.07. The van der Waals surface area contributed by atoms with Gasteiger partial charge in [0, 0.05) is 6.07 Å². The Labute approximate surface area is 121 Å². The molecule has 1 aromatic carbocycles. The van der Waals surface area contributed by atoms with Gasteiger partial charge in [0.15, 0.2) is 0 Å². The number of nitrogens with one attached hydrogen (secondary N) is 1. The SMILES string of the molecule is COc1ccsc1C(=O)Nc1cc(C(=O)O)c(F)cc1F. The van der Waals surface area contributed by atoms with Crippen LogP contribution in [0.4, 0.5) is 14.5 Å². The quantitative estimate of drug-likeness (QED) is 0.910. The van der Waals surface area contributed by atoms with Gasteiger partial charge in [-0.05, 0) is 17.5 Å². The minimum absolute atomic E-state index is 0.193. The average molecular weight is 313 g/mol. The summed E-state index contributed by atoms with van der Waals surface area (Å²) in [6, 6.07) is 2.69. The number of benzene rings is 1. The molecule has 0 radical (unpaired) electrons. The lowest BCUT2D eigenvalue weighted by molar-refractivity contribution is 0.0691. The second-order valence-electron chi connectivity index (χ2n) is 3.89. The molecule has 5 nitrogen and oxygen atoms in total. The Hall–Kier alpha value is -2.48. The molecule has 21 heavy (non-hydrogen) atoms. The molecule has 8 heteroatoms. The van der Waals surface area contributed by atoms with Crippen LogP contribution in [0.25, 0.3) is 0 Å². The molecular weight excluding hydrogens is 304 g/mol. The van der Waals surface area contributed by atoms with Gasteiger partial charge in [0.2, 0.25) is 0 Å². The maximum absolute atomic E-state index is 13.6. The Kier molecular flexibility index (Phi) is 4.18. The molecule has 0 atom stereocenters. The molecule has 0 unspecified atom stereocenters. The minimum atomic E-state index is -1.56. The number of rotatable bonds is 4. The zero-order valence-electron chi connectivity index (χ0n) is 10.6. The van der Waals surface area contributed by atoms with Crippen LogP contribution in [0.3, 0.4) is 0 Å². The van der Waals surface area contributed by atoms with E-state index < -0.39 is 34.8 Å². The molecule has 1 amide bonds. The van der Waals surface area contributed by atoms with Gasteiger partial charge in [-0.1, -0.05) is 0 Å². The van der Waals surface area contributed by atoms with Crippen LogP contribution in [0, 0.1) is 11.6 Å². The van der Waals surface area contributed by atoms with Crippen LogP contribution >= 0.6 is 11.3 Å². The minimum Gasteiger partial charge on any atom is -0.495 e. The number of hydrogen-bond acceptors (Lipinski definition) is 4. The highest BCUT2D eigenvalue weighted by molar-refractivity contribution is 7.12. The number of hydrogen-bond donors (Lipinski definition) is 2. The second kappa shape index (κ2) is 5.88. The van der Waals surface area contributed by atoms with Crippen molar-refractivity contribution in [2.24, 2.45) is 0 Å². The zero-order chi connectivity index (χ0) is 15.6. The van der Waals surface area contributed by atoms with Gasteiger partial charge in [-0.25, -0.2) is 13.6 Å². The van der Waals surface area contributed by atoms with E-state index in [0.29, 0.717) is 11.8 Å². The number of halogens is 2. The molecule has 110 valence electrons. The average Bonchev–Trinajstić information content (AvgIpc) is 2.89. The van der Waals surface area contributed by atoms with Crippen molar-refractivity contribution < 1.29 is 28.2 Å². The Morgan fingerprint density at radius 1 is 1.29 bits per heavy atom. The standard InChI is InChI=1S/C13H9F2NO4S/c1-20-10-2-3-21-11(10)12(17)16-9-4-6(13(18)19)7(14)5-8(9)15/h2-5H,1H3,(H,16,17)(H,18,19). The van der Waals surface area contributed by atoms with Gasteiger partial charge in [0.1, 0.15) is 22.3 Å². The highest BCUT2D eigenvalue weighted by Crippen LogP contribution is 2.26. The van der Waals surface area contributed by atoms with Crippen LogP contribution in [0.5, 0.6) is 5.75 Å². The van der Waals surface area contributed by atoms with Crippen LogP contribution in [-0.4, -0.2) is 24.1 Å². The number of thiophene rings is 1. The largest absolute Gasteiger partial charge is 0.495 e. The fraction of sp³-hybridized carbons (Fsp3) is 0.0769. The van der Waals surface area contributed by atoms with Gasteiger partial charge in [0.25, 0.3) is 5.91 Å². The van der Waals surface area contributed by atoms with E-state index in [-0.39, 0.29) is 4.88 Å². The lowest BCUT2D eigenvalue weighted by Crippen LogP contribution is -2.14. The predicted molar refractivity (Wildman–Crippen MR) is 72.1 cm³/mol. The fourth-order valence-corrected chi connectivity index (χ4v) is 2.36. The first-order chi connectivity index (χ1) is 9.93. The summed E-state index contributed by atoms with van der Waals surface area (Å²) in [6.45, 7) is 0. The first kappa shape index (κ1) is 14.9. The summed E-state index contributed by atoms with van der Waals surface area (Å²) < 4.78 is 31.8. The Balaban J connectivity index is 2.33. The maximum Gasteiger partial charge on any atom is 0.338 e. The lowest BCUT2D eigenvalue weighted by atomic mass is 10.1. The van der Waals surface area contributed by atoms with Crippen LogP contribution < -0.4 is 10.1 Å². The van der Waals surface area contributed by atoms with E-state index in [1.54, 1.807) is 11.4 Å². The van der Waals surface area contributed by atoms with Crippen LogP contribution in [-0.2, 0) is 0 Å². The molecule has 0 spiro atoms. The van der Waals surface area contributed by atoms with E-state index >= 15 is 0 Å². The number of aromatic carboxylic acids is 1. The normalized spacial score (nSPS) is 10.2. The molecule has 2 aromatic rings. The Bertz CT molecular complexity index is 714. The fourth-order valence-electron chi connectivity index (χ4n) is 1.61. The first-order valence-corrected chi connectivity index (χ1v) is 6.47. The van der Waals surface area contributed by atoms with Crippen molar-refractivity contribution in [1.29, 1.82) is 0 Å². The van der Waals surface area contributed by atoms with Crippen LogP contribution in [0.2, 0.25) is 0 Å². The lowest BCUT2D eigenvalue weighted by Gasteiger charge is -2.08. The number of carbonyl (C=O) groups excluding carboxylic acids is 1. The van der Waals surface area contributed by atoms with Crippen molar-refractivity contribution in [2.45, 2.75) is 0 Å². The Morgan fingerprint density at radius 3 is 2.62 bits per heavy atom. The molecular formula is C13H9F2NO4S. The molecule has 0 aliphatic rings. The van der Waals surface area contributed by atoms with Crippen molar-refractivity contribution in [3.8, 4) is 5.75 Å². The monoisotopic (exact) mass is 313 g/mol. The highest BCUT2D eigenvalue weighted by Gasteiger charge is 2.19. The van der Waals surface area contributed by atoms with Gasteiger partial charge in [-0.2, -0.15) is 0 Å². The summed E-state index contributed by atoms with van der Waals surface area (Å²) in [5, 5.41) is 12.6. The third kappa shape index (κ3) is 3.00. The summed E-state index contributed by atoms with van der Waals surface area (Å²) in [5.41, 5.74) is -1.15. The second-order valence-corrected chi connectivity index (χ2v) is 4.81. The molecule has 2 rings (SSSR count). The molecule has 1 aromatic heterocycles. The number of carboxylic acid groups (broad SMARTS) is 1. The topological polar surface area (TPSA) is 75.6 Å². The van der Waals surface area contributed by atoms with Crippen molar-refractivity contribution in [2.75, 3.05) is 12.4 Å². The number of methoxy groups -OCH3 is 1. The maximum atomic E-state index is 13.6. The Morgan fingerprint density at radius 2 is 2.00 bits per heavy atom. The first-order valence-electron chi connectivity index (χ1n) is 5.59. The van der Waals surface area contributed by atoms with E-state index in [1.165, 1.54) is 7.11 Å². The number of carbonyl (C=O) groups is 2. The van der Waals surface area contributed by atoms with Gasteiger partial charge >= 0.3 is 5.97 Å². The van der Waals surface area contributed by atoms with Gasteiger partial charge in [0.05, 0.1) is 18.4 Å². The summed E-state index contributed by atoms with van der Waals surface area (Å²) in [4.78, 5) is 23.0. The summed E-state index contributed by atoms with van der Waals surface area (Å²) in [7, 11) is 1.37. The number of carboxylic acids is 1. The van der Waals surface area contributed by atoms with Crippen molar-refractivity contribution in [1.82, 2.24) is 0 Å². The van der Waals surface area contributed by atoms with Crippen molar-refractivity contribution in [3.63, 3.8) is 0 Å². The molecule has 0 saturated heterocycles. The summed E-state index contributed by atoms with van der Waals surface area (Å²) in [6.07, 6.45) is 0. The molecule has 0 aliphatic carbocycles. The van der Waals surface area contributed by atoms with Gasteiger partial charge in [-0.3, -0.25) is 4.79 Å². The van der Waals surface area contributed by atoms with Crippen LogP contribution in [0.1, 0.15) is 20.0 Å². The predicted octanol–water partition coefficient (Wildman–Crippen LogP) is 2.99. The third-order valence-corrected chi connectivity index (χ3v) is 3.49. The van der Waals surface area contributed by atoms with E-state index in [1.807, 2.05) is 0 Å². The van der Waals surface area contributed by atoms with Gasteiger partial charge in [-0.15, -0.1) is 11.3 Å². The highest BCUT2D eigenvalue weighted by atomic mass is 32.1. The van der Waals surface area contributed by atoms with Crippen LogP contribution in [0.15, 0.2) is 23.6 Å². The smallest absolute Gasteiger partial charge is 0.338 e. The molecule has 1 heterocycles. The van der Waals surface area contributed by atoms with E-state index in [0.717, 1.165) is 17.4 Å². The zero-order valence-corrected chi connectivity index (χ0v) is 11.5. The van der Waals surface area contributed by atoms with Crippen molar-refractivity contribution >= 4 is 28.9 Å². The van der Waals surface area contributed by atoms with E-state index in [9.17, 15) is 18.4 Å². The van der Waals surface area contributed by atoms with E-state index in [2.05, 4.69) is 5.32 Å². The molecule has 2 N–H and O–H groups in total. The summed E-state index contributed by atoms with van der Waals surface area (Å²) in [5.74, 6) is -4.22. The number of anilines is 1. The van der Waals surface area contributed by atoms with Crippen molar-refractivity contribution in [3.05, 3.63) is 45.7 Å². The van der Waals surface area contributed by atoms with E-state index in [4.69, 9.17) is 9.84 Å². The number of amides is 1. The van der Waals surface area contributed by atoms with Gasteiger partial charge < -0.3 is 15.2 Å². The third-order valence-electron chi connectivity index (χ3n) is 2.59. The molecule has 0 bridgehead atoms. The molecule has 0 saturated carbocycles. The molecule has 0 fully saturated rings. The number of ether oxygens (including phenoxy) is 1.